The molecule has 1 unspecified atom stereocenters. The predicted octanol–water partition coefficient (Wildman–Crippen LogP) is 3.53. The van der Waals surface area contributed by atoms with Crippen molar-refractivity contribution in [3.8, 4) is 11.5 Å². The van der Waals surface area contributed by atoms with E-state index in [4.69, 9.17) is 10.5 Å². The number of rotatable bonds is 5. The van der Waals surface area contributed by atoms with Crippen molar-refractivity contribution in [3.63, 3.8) is 0 Å². The van der Waals surface area contributed by atoms with E-state index in [-0.39, 0.29) is 12.3 Å². The summed E-state index contributed by atoms with van der Waals surface area (Å²) in [5.41, 5.74) is 6.38. The van der Waals surface area contributed by atoms with Crippen molar-refractivity contribution in [2.24, 2.45) is 5.73 Å². The number of aromatic nitrogens is 1. The fourth-order valence-electron chi connectivity index (χ4n) is 2.87. The Hall–Kier alpha value is -2.68. The van der Waals surface area contributed by atoms with Gasteiger partial charge in [0.05, 0.1) is 12.2 Å². The Bertz CT molecular complexity index is 943. The SMILES string of the molecule is NCc1cc(Oc2ccc(C(F)(F)F)cc2)c2ncccc2c1C(O)CO. The van der Waals surface area contributed by atoms with E-state index in [9.17, 15) is 23.4 Å². The monoisotopic (exact) mass is 378 g/mol. The van der Waals surface area contributed by atoms with Crippen LogP contribution >= 0.6 is 0 Å². The molecular weight excluding hydrogens is 361 g/mol. The summed E-state index contributed by atoms with van der Waals surface area (Å²) in [6.07, 6.45) is -4.05. The van der Waals surface area contributed by atoms with Gasteiger partial charge in [-0.05, 0) is 47.5 Å². The first-order valence-electron chi connectivity index (χ1n) is 8.09. The van der Waals surface area contributed by atoms with Crippen LogP contribution in [0.3, 0.4) is 0 Å². The molecule has 1 aromatic heterocycles. The summed E-state index contributed by atoms with van der Waals surface area (Å²) in [4.78, 5) is 4.25. The Morgan fingerprint density at radius 1 is 1.15 bits per heavy atom. The van der Waals surface area contributed by atoms with E-state index >= 15 is 0 Å². The van der Waals surface area contributed by atoms with E-state index in [2.05, 4.69) is 4.98 Å². The first kappa shape index (κ1) is 19.1. The average Bonchev–Trinajstić information content (AvgIpc) is 2.66. The number of ether oxygens (including phenoxy) is 1. The Labute approximate surface area is 152 Å². The summed E-state index contributed by atoms with van der Waals surface area (Å²) in [6.45, 7) is -0.420. The Morgan fingerprint density at radius 2 is 1.85 bits per heavy atom. The quantitative estimate of drug-likeness (QED) is 0.632. The van der Waals surface area contributed by atoms with Gasteiger partial charge in [-0.1, -0.05) is 6.07 Å². The highest BCUT2D eigenvalue weighted by Crippen LogP contribution is 2.37. The molecule has 0 saturated carbocycles. The molecule has 0 aliphatic rings. The lowest BCUT2D eigenvalue weighted by molar-refractivity contribution is -0.137. The van der Waals surface area contributed by atoms with Gasteiger partial charge in [0.1, 0.15) is 17.4 Å². The third-order valence-electron chi connectivity index (χ3n) is 4.12. The van der Waals surface area contributed by atoms with Crippen LogP contribution in [0.2, 0.25) is 0 Å². The average molecular weight is 378 g/mol. The number of pyridine rings is 1. The van der Waals surface area contributed by atoms with Crippen LogP contribution in [0.1, 0.15) is 22.8 Å². The molecule has 0 saturated heterocycles. The zero-order valence-electron chi connectivity index (χ0n) is 14.1. The highest BCUT2D eigenvalue weighted by molar-refractivity contribution is 5.89. The second kappa shape index (κ2) is 7.51. The number of hydrogen-bond donors (Lipinski definition) is 3. The maximum Gasteiger partial charge on any atom is 0.416 e. The number of nitrogens with two attached hydrogens (primary N) is 1. The fourth-order valence-corrected chi connectivity index (χ4v) is 2.87. The Morgan fingerprint density at radius 3 is 2.44 bits per heavy atom. The molecule has 5 nitrogen and oxygen atoms in total. The third-order valence-corrected chi connectivity index (χ3v) is 4.12. The molecule has 27 heavy (non-hydrogen) atoms. The van der Waals surface area contributed by atoms with Crippen LogP contribution in [0.15, 0.2) is 48.7 Å². The number of aliphatic hydroxyl groups is 2. The van der Waals surface area contributed by atoms with Crippen LogP contribution in [-0.2, 0) is 12.7 Å². The number of halogens is 3. The molecule has 142 valence electrons. The van der Waals surface area contributed by atoms with Gasteiger partial charge in [0, 0.05) is 18.1 Å². The van der Waals surface area contributed by atoms with Crippen molar-refractivity contribution < 1.29 is 28.1 Å². The predicted molar refractivity (Wildman–Crippen MR) is 93.2 cm³/mol. The summed E-state index contributed by atoms with van der Waals surface area (Å²) in [7, 11) is 0. The largest absolute Gasteiger partial charge is 0.455 e. The van der Waals surface area contributed by atoms with Gasteiger partial charge >= 0.3 is 6.18 Å². The van der Waals surface area contributed by atoms with Crippen molar-refractivity contribution in [1.82, 2.24) is 4.98 Å². The number of alkyl halides is 3. The normalized spacial score (nSPS) is 13.0. The van der Waals surface area contributed by atoms with Crippen molar-refractivity contribution in [1.29, 1.82) is 0 Å². The smallest absolute Gasteiger partial charge is 0.416 e. The number of nitrogens with zero attached hydrogens (tertiary/aromatic N) is 1. The van der Waals surface area contributed by atoms with Crippen molar-refractivity contribution in [2.45, 2.75) is 18.8 Å². The molecular formula is C19H17F3N2O3. The lowest BCUT2D eigenvalue weighted by atomic mass is 9.96. The number of benzene rings is 2. The molecule has 3 aromatic rings. The van der Waals surface area contributed by atoms with Crippen LogP contribution in [0.5, 0.6) is 11.5 Å². The van der Waals surface area contributed by atoms with Crippen LogP contribution < -0.4 is 10.5 Å². The second-order valence-corrected chi connectivity index (χ2v) is 5.87. The maximum absolute atomic E-state index is 12.7. The number of hydrogen-bond acceptors (Lipinski definition) is 5. The molecule has 8 heteroatoms. The van der Waals surface area contributed by atoms with Crippen molar-refractivity contribution in [2.75, 3.05) is 6.61 Å². The van der Waals surface area contributed by atoms with E-state index in [0.29, 0.717) is 27.8 Å². The zero-order valence-corrected chi connectivity index (χ0v) is 14.1. The van der Waals surface area contributed by atoms with Crippen molar-refractivity contribution >= 4 is 10.9 Å². The molecule has 0 radical (unpaired) electrons. The van der Waals surface area contributed by atoms with Gasteiger partial charge in [-0.25, -0.2) is 0 Å². The second-order valence-electron chi connectivity index (χ2n) is 5.87. The molecule has 0 spiro atoms. The summed E-state index contributed by atoms with van der Waals surface area (Å²) >= 11 is 0. The zero-order chi connectivity index (χ0) is 19.6. The molecule has 2 aromatic carbocycles. The molecule has 0 amide bonds. The van der Waals surface area contributed by atoms with Gasteiger partial charge in [0.2, 0.25) is 0 Å². The first-order valence-corrected chi connectivity index (χ1v) is 8.09. The van der Waals surface area contributed by atoms with Crippen LogP contribution in [0.4, 0.5) is 13.2 Å². The van der Waals surface area contributed by atoms with Crippen molar-refractivity contribution in [3.05, 3.63) is 65.4 Å². The van der Waals surface area contributed by atoms with Gasteiger partial charge in [-0.3, -0.25) is 4.98 Å². The van der Waals surface area contributed by atoms with E-state index in [0.717, 1.165) is 12.1 Å². The van der Waals surface area contributed by atoms with E-state index < -0.39 is 24.5 Å². The molecule has 0 fully saturated rings. The summed E-state index contributed by atoms with van der Waals surface area (Å²) in [5, 5.41) is 20.0. The Kier molecular flexibility index (Phi) is 5.31. The third kappa shape index (κ3) is 3.87. The molecule has 3 rings (SSSR count). The van der Waals surface area contributed by atoms with E-state index in [1.807, 2.05) is 0 Å². The molecule has 4 N–H and O–H groups in total. The van der Waals surface area contributed by atoms with Gasteiger partial charge in [-0.15, -0.1) is 0 Å². The van der Waals surface area contributed by atoms with Gasteiger partial charge < -0.3 is 20.7 Å². The lowest BCUT2D eigenvalue weighted by Crippen LogP contribution is -2.11. The van der Waals surface area contributed by atoms with Gasteiger partial charge in [-0.2, -0.15) is 13.2 Å². The molecule has 1 atom stereocenters. The van der Waals surface area contributed by atoms with Crippen LogP contribution in [0, 0.1) is 0 Å². The van der Waals surface area contributed by atoms with E-state index in [1.54, 1.807) is 18.2 Å². The minimum absolute atomic E-state index is 0.0700. The topological polar surface area (TPSA) is 88.6 Å². The highest BCUT2D eigenvalue weighted by Gasteiger charge is 2.30. The number of fused-ring (bicyclic) bond motifs is 1. The minimum Gasteiger partial charge on any atom is -0.455 e. The molecule has 0 aliphatic heterocycles. The first-order chi connectivity index (χ1) is 12.8. The minimum atomic E-state index is -4.43. The van der Waals surface area contributed by atoms with Gasteiger partial charge in [0.15, 0.2) is 5.75 Å². The highest BCUT2D eigenvalue weighted by atomic mass is 19.4. The van der Waals surface area contributed by atoms with Crippen LogP contribution in [-0.4, -0.2) is 21.8 Å². The van der Waals surface area contributed by atoms with Crippen LogP contribution in [0.25, 0.3) is 10.9 Å². The van der Waals surface area contributed by atoms with Gasteiger partial charge in [0.25, 0.3) is 0 Å². The van der Waals surface area contributed by atoms with E-state index in [1.165, 1.54) is 18.3 Å². The maximum atomic E-state index is 12.7. The summed E-state index contributed by atoms with van der Waals surface area (Å²) in [6, 6.07) is 9.23. The number of aliphatic hydroxyl groups excluding tert-OH is 2. The Balaban J connectivity index is 2.07. The molecule has 0 aliphatic carbocycles. The molecule has 0 bridgehead atoms. The fraction of sp³-hybridized carbons (Fsp3) is 0.211. The summed E-state index contributed by atoms with van der Waals surface area (Å²) < 4.78 is 43.8. The summed E-state index contributed by atoms with van der Waals surface area (Å²) in [5.74, 6) is 0.494. The molecule has 1 heterocycles. The standard InChI is InChI=1S/C19H17F3N2O3/c20-19(21,22)12-3-5-13(6-4-12)27-16-8-11(9-23)17(15(26)10-25)14-2-1-7-24-18(14)16/h1-8,15,25-26H,9-10,23H2. The lowest BCUT2D eigenvalue weighted by Gasteiger charge is -2.18.